The molecule has 4 nitrogen and oxygen atoms in total. The third-order valence-corrected chi connectivity index (χ3v) is 3.36. The van der Waals surface area contributed by atoms with Crippen molar-refractivity contribution in [1.29, 1.82) is 0 Å². The summed E-state index contributed by atoms with van der Waals surface area (Å²) in [7, 11) is -0.574. The predicted octanol–water partition coefficient (Wildman–Crippen LogP) is 3.51. The molecule has 0 fully saturated rings. The van der Waals surface area contributed by atoms with E-state index in [0.29, 0.717) is 0 Å². The summed E-state index contributed by atoms with van der Waals surface area (Å²) in [6.07, 6.45) is -4.47. The lowest BCUT2D eigenvalue weighted by atomic mass is 10.1. The van der Waals surface area contributed by atoms with Crippen LogP contribution in [0.2, 0.25) is 0 Å². The van der Waals surface area contributed by atoms with Crippen LogP contribution >= 0.6 is 11.6 Å². The molecular formula is C15H12BClF3NO3. The molecule has 0 aliphatic rings. The summed E-state index contributed by atoms with van der Waals surface area (Å²) in [5.74, 6) is -0.505. The number of carbonyl (C=O) groups excluding carboxylic acids is 1. The van der Waals surface area contributed by atoms with Crippen molar-refractivity contribution in [2.75, 3.05) is 11.2 Å². The maximum atomic E-state index is 12.8. The third kappa shape index (κ3) is 4.42. The van der Waals surface area contributed by atoms with E-state index in [1.807, 2.05) is 0 Å². The van der Waals surface area contributed by atoms with Crippen LogP contribution in [0.5, 0.6) is 5.75 Å². The van der Waals surface area contributed by atoms with Crippen LogP contribution in [0, 0.1) is 0 Å². The second kappa shape index (κ2) is 7.59. The fraction of sp³-hybridized carbons (Fsp3) is 0.133. The molecule has 9 heteroatoms. The molecule has 0 spiro atoms. The highest BCUT2D eigenvalue weighted by molar-refractivity contribution is 6.31. The zero-order valence-electron chi connectivity index (χ0n) is 12.2. The van der Waals surface area contributed by atoms with Crippen LogP contribution in [0.15, 0.2) is 42.5 Å². The Morgan fingerprint density at radius 2 is 2.00 bits per heavy atom. The Morgan fingerprint density at radius 3 is 2.62 bits per heavy atom. The average molecular weight is 358 g/mol. The van der Waals surface area contributed by atoms with Gasteiger partial charge in [0.2, 0.25) is 0 Å². The normalized spacial score (nSPS) is 11.0. The van der Waals surface area contributed by atoms with Gasteiger partial charge in [-0.25, -0.2) is 0 Å². The highest BCUT2D eigenvalue weighted by Gasteiger charge is 2.30. The van der Waals surface area contributed by atoms with Gasteiger partial charge >= 0.3 is 13.9 Å². The minimum absolute atomic E-state index is 0.147. The fourth-order valence-corrected chi connectivity index (χ4v) is 2.17. The molecule has 0 saturated carbocycles. The minimum Gasteiger partial charge on any atom is -0.539 e. The first-order valence-electron chi connectivity index (χ1n) is 6.76. The molecule has 0 aliphatic carbocycles. The molecule has 2 aromatic rings. The number of halogens is 4. The zero-order valence-corrected chi connectivity index (χ0v) is 13.0. The number of ketones is 1. The minimum atomic E-state index is -4.47. The predicted molar refractivity (Wildman–Crippen MR) is 86.2 cm³/mol. The second-order valence-electron chi connectivity index (χ2n) is 4.74. The van der Waals surface area contributed by atoms with Crippen molar-refractivity contribution in [3.63, 3.8) is 0 Å². The maximum Gasteiger partial charge on any atom is 0.504 e. The van der Waals surface area contributed by atoms with Gasteiger partial charge in [0.05, 0.1) is 11.4 Å². The molecule has 0 unspecified atom stereocenters. The Balaban J connectivity index is 2.37. The molecule has 126 valence electrons. The lowest BCUT2D eigenvalue weighted by molar-refractivity contribution is -0.137. The summed E-state index contributed by atoms with van der Waals surface area (Å²) in [6, 6.07) is 8.89. The molecule has 0 aromatic heterocycles. The molecule has 0 heterocycles. The number of hydrogen-bond donors (Lipinski definition) is 2. The largest absolute Gasteiger partial charge is 0.539 e. The van der Waals surface area contributed by atoms with Crippen LogP contribution in [-0.4, -0.2) is 24.4 Å². The lowest BCUT2D eigenvalue weighted by Crippen LogP contribution is -2.08. The summed E-state index contributed by atoms with van der Waals surface area (Å²) in [4.78, 5) is 11.9. The molecule has 0 bridgehead atoms. The van der Waals surface area contributed by atoms with Gasteiger partial charge in [0.25, 0.3) is 0 Å². The van der Waals surface area contributed by atoms with Crippen LogP contribution in [0.3, 0.4) is 0 Å². The van der Waals surface area contributed by atoms with Crippen molar-refractivity contribution in [2.45, 2.75) is 6.18 Å². The molecule has 2 N–H and O–H groups in total. The van der Waals surface area contributed by atoms with Crippen LogP contribution in [0.4, 0.5) is 24.5 Å². The van der Waals surface area contributed by atoms with Crippen molar-refractivity contribution in [3.8, 4) is 5.75 Å². The quantitative estimate of drug-likeness (QED) is 0.472. The van der Waals surface area contributed by atoms with Crippen LogP contribution < -0.4 is 9.97 Å². The van der Waals surface area contributed by atoms with Gasteiger partial charge in [-0.2, -0.15) is 13.2 Å². The van der Waals surface area contributed by atoms with Gasteiger partial charge in [0, 0.05) is 16.9 Å². The summed E-state index contributed by atoms with van der Waals surface area (Å²) in [5.41, 5.74) is -0.208. The van der Waals surface area contributed by atoms with Gasteiger partial charge in [-0.1, -0.05) is 6.07 Å². The maximum absolute atomic E-state index is 12.8. The van der Waals surface area contributed by atoms with Crippen molar-refractivity contribution >= 4 is 36.4 Å². The molecular weight excluding hydrogens is 345 g/mol. The lowest BCUT2D eigenvalue weighted by Gasteiger charge is -2.14. The molecule has 0 radical (unpaired) electrons. The molecule has 0 aliphatic heterocycles. The van der Waals surface area contributed by atoms with E-state index in [0.717, 1.165) is 12.1 Å². The van der Waals surface area contributed by atoms with Gasteiger partial charge in [0.15, 0.2) is 5.78 Å². The monoisotopic (exact) mass is 357 g/mol. The Hall–Kier alpha value is -2.19. The molecule has 2 aromatic carbocycles. The summed E-state index contributed by atoms with van der Waals surface area (Å²) >= 11 is 5.56. The zero-order chi connectivity index (χ0) is 17.7. The first-order valence-corrected chi connectivity index (χ1v) is 7.29. The van der Waals surface area contributed by atoms with Crippen molar-refractivity contribution in [3.05, 3.63) is 53.6 Å². The first kappa shape index (κ1) is 18.2. The second-order valence-corrected chi connectivity index (χ2v) is 5.01. The topological polar surface area (TPSA) is 58.6 Å². The van der Waals surface area contributed by atoms with E-state index in [1.54, 1.807) is 0 Å². The number of hydrogen-bond acceptors (Lipinski definition) is 4. The van der Waals surface area contributed by atoms with E-state index in [2.05, 4.69) is 5.32 Å². The number of carbonyl (C=O) groups is 1. The summed E-state index contributed by atoms with van der Waals surface area (Å²) in [5, 5.41) is 11.5. The number of Topliss-reactive ketones (excluding diaryl/α,β-unsaturated/α-hetero) is 1. The van der Waals surface area contributed by atoms with Gasteiger partial charge in [-0.3, -0.25) is 4.79 Å². The van der Waals surface area contributed by atoms with E-state index >= 15 is 0 Å². The van der Waals surface area contributed by atoms with Crippen molar-refractivity contribution < 1.29 is 27.6 Å². The Kier molecular flexibility index (Phi) is 5.74. The first-order chi connectivity index (χ1) is 11.3. The highest BCUT2D eigenvalue weighted by atomic mass is 35.5. The van der Waals surface area contributed by atoms with E-state index in [9.17, 15) is 18.0 Å². The Bertz CT molecular complexity index is 740. The molecule has 0 atom stereocenters. The SMILES string of the molecule is O=C(CCl)c1cc(OBO)ccc1Nc1cccc(C(F)(F)F)c1. The summed E-state index contributed by atoms with van der Waals surface area (Å²) < 4.78 is 43.2. The summed E-state index contributed by atoms with van der Waals surface area (Å²) in [6.45, 7) is 0. The Morgan fingerprint density at radius 1 is 1.25 bits per heavy atom. The van der Waals surface area contributed by atoms with E-state index in [4.69, 9.17) is 21.3 Å². The van der Waals surface area contributed by atoms with Crippen LogP contribution in [-0.2, 0) is 6.18 Å². The number of nitrogens with one attached hydrogen (secondary N) is 1. The van der Waals surface area contributed by atoms with Gasteiger partial charge in [-0.15, -0.1) is 11.6 Å². The van der Waals surface area contributed by atoms with Crippen LogP contribution in [0.25, 0.3) is 0 Å². The molecule has 24 heavy (non-hydrogen) atoms. The van der Waals surface area contributed by atoms with Crippen LogP contribution in [0.1, 0.15) is 15.9 Å². The molecule has 0 saturated heterocycles. The average Bonchev–Trinajstić information content (AvgIpc) is 2.55. The van der Waals surface area contributed by atoms with E-state index in [1.165, 1.54) is 30.3 Å². The highest BCUT2D eigenvalue weighted by Crippen LogP contribution is 2.32. The standard InChI is InChI=1S/C15H12BClF3NO3/c17-8-14(22)12-7-11(24-16-23)4-5-13(12)21-10-3-1-2-9(6-10)15(18,19)20/h1-7,16,21,23H,8H2. The fourth-order valence-electron chi connectivity index (χ4n) is 2.03. The van der Waals surface area contributed by atoms with E-state index < -0.39 is 25.2 Å². The van der Waals surface area contributed by atoms with E-state index in [-0.39, 0.29) is 28.6 Å². The number of benzene rings is 2. The molecule has 0 amide bonds. The number of anilines is 2. The van der Waals surface area contributed by atoms with Gasteiger partial charge in [-0.05, 0) is 36.4 Å². The van der Waals surface area contributed by atoms with Gasteiger partial charge < -0.3 is 15.0 Å². The Labute approximate surface area is 141 Å². The van der Waals surface area contributed by atoms with Crippen molar-refractivity contribution in [2.24, 2.45) is 0 Å². The molecule has 2 rings (SSSR count). The smallest absolute Gasteiger partial charge is 0.504 e. The van der Waals surface area contributed by atoms with Crippen molar-refractivity contribution in [1.82, 2.24) is 0 Å². The number of alkyl halides is 4. The number of rotatable bonds is 6. The van der Waals surface area contributed by atoms with Gasteiger partial charge in [0.1, 0.15) is 5.75 Å². The third-order valence-electron chi connectivity index (χ3n) is 3.11.